The Balaban J connectivity index is -0.0000000727. The van der Waals surface area contributed by atoms with E-state index in [9.17, 15) is 0 Å². The van der Waals surface area contributed by atoms with Crippen molar-refractivity contribution >= 4 is 0 Å². The zero-order valence-electron chi connectivity index (χ0n) is 19.8. The Labute approximate surface area is 180 Å². The van der Waals surface area contributed by atoms with Crippen LogP contribution in [0.25, 0.3) is 21.3 Å². The monoisotopic (exact) mass is 434 g/mol. The largest absolute Gasteiger partial charge is 4.00 e. The molecule has 0 amide bonds. The maximum absolute atomic E-state index is 4.28. The molecule has 0 saturated carbocycles. The van der Waals surface area contributed by atoms with E-state index < -0.39 is 0 Å². The molecular formula is C20H48N4Zr. The molecule has 0 saturated heterocycles. The van der Waals surface area contributed by atoms with E-state index >= 15 is 0 Å². The summed E-state index contributed by atoms with van der Waals surface area (Å²) in [5.74, 6) is 0. The summed E-state index contributed by atoms with van der Waals surface area (Å²) < 4.78 is 0. The van der Waals surface area contributed by atoms with Gasteiger partial charge in [0, 0.05) is 0 Å². The average molecular weight is 436 g/mol. The van der Waals surface area contributed by atoms with Gasteiger partial charge in [0.15, 0.2) is 0 Å². The van der Waals surface area contributed by atoms with Crippen molar-refractivity contribution < 1.29 is 26.2 Å². The topological polar surface area (TPSA) is 56.4 Å². The molecule has 0 aromatic rings. The third kappa shape index (κ3) is 78.9. The molecule has 0 spiro atoms. The van der Waals surface area contributed by atoms with Crippen molar-refractivity contribution in [3.05, 3.63) is 21.3 Å². The first-order valence-electron chi connectivity index (χ1n) is 9.37. The van der Waals surface area contributed by atoms with Crippen LogP contribution in [-0.2, 0) is 26.2 Å². The van der Waals surface area contributed by atoms with Crippen LogP contribution >= 0.6 is 0 Å². The van der Waals surface area contributed by atoms with Crippen LogP contribution in [0.4, 0.5) is 0 Å². The van der Waals surface area contributed by atoms with Gasteiger partial charge in [-0.05, 0) is 0 Å². The van der Waals surface area contributed by atoms with Crippen LogP contribution in [0.5, 0.6) is 0 Å². The third-order valence-electron chi connectivity index (χ3n) is 1.79. The van der Waals surface area contributed by atoms with Gasteiger partial charge in [0.25, 0.3) is 0 Å². The molecule has 0 atom stereocenters. The SMILES string of the molecule is CC(C)[N-]C(C)C.CC(C)[N-]C(C)C.CC(C)[N-]C(C)C.C[N-]C.[Zr+4]. The van der Waals surface area contributed by atoms with Crippen molar-refractivity contribution in [3.8, 4) is 0 Å². The van der Waals surface area contributed by atoms with Gasteiger partial charge in [-0.1, -0.05) is 83.1 Å². The van der Waals surface area contributed by atoms with Crippen LogP contribution < -0.4 is 0 Å². The number of hydrogen-bond acceptors (Lipinski definition) is 0. The third-order valence-corrected chi connectivity index (χ3v) is 1.79. The van der Waals surface area contributed by atoms with E-state index in [1.165, 1.54) is 0 Å². The summed E-state index contributed by atoms with van der Waals surface area (Å²) in [6, 6.07) is 3.00. The fourth-order valence-electron chi connectivity index (χ4n) is 1.79. The van der Waals surface area contributed by atoms with Gasteiger partial charge in [-0.2, -0.15) is 14.1 Å². The Kier molecular flexibility index (Phi) is 39.5. The van der Waals surface area contributed by atoms with Crippen LogP contribution in [0.1, 0.15) is 83.1 Å². The maximum atomic E-state index is 4.28. The molecule has 0 N–H and O–H groups in total. The van der Waals surface area contributed by atoms with E-state index in [2.05, 4.69) is 104 Å². The van der Waals surface area contributed by atoms with Crippen molar-refractivity contribution in [3.63, 3.8) is 0 Å². The summed E-state index contributed by atoms with van der Waals surface area (Å²) in [5.41, 5.74) is 0. The van der Waals surface area contributed by atoms with Gasteiger partial charge >= 0.3 is 26.2 Å². The Morgan fingerprint density at radius 2 is 0.440 bits per heavy atom. The molecule has 4 nitrogen and oxygen atoms in total. The zero-order chi connectivity index (χ0) is 20.3. The second-order valence-corrected chi connectivity index (χ2v) is 7.46. The van der Waals surface area contributed by atoms with Crippen LogP contribution in [0.3, 0.4) is 0 Å². The van der Waals surface area contributed by atoms with Crippen molar-refractivity contribution in [1.82, 2.24) is 0 Å². The average Bonchev–Trinajstić information content (AvgIpc) is 2.24. The molecule has 0 aliphatic heterocycles. The second kappa shape index (κ2) is 26.9. The second-order valence-electron chi connectivity index (χ2n) is 7.46. The minimum atomic E-state index is 0. The molecule has 0 aliphatic carbocycles. The summed E-state index contributed by atoms with van der Waals surface area (Å²) in [4.78, 5) is 0. The van der Waals surface area contributed by atoms with E-state index in [4.69, 9.17) is 0 Å². The Bertz CT molecular complexity index is 155. The fourth-order valence-corrected chi connectivity index (χ4v) is 1.79. The van der Waals surface area contributed by atoms with Crippen LogP contribution in [0, 0.1) is 0 Å². The standard InChI is InChI=1S/3C6H14N.C2H6N.Zr/c3*1-5(2)7-6(3)4;1-3-2;/h3*5-6H,1-4H3;1-2H3;/q4*-1;+4. The first-order chi connectivity index (χ1) is 10.8. The van der Waals surface area contributed by atoms with Crippen LogP contribution in [0.15, 0.2) is 0 Å². The van der Waals surface area contributed by atoms with Gasteiger partial charge < -0.3 is 21.3 Å². The summed E-state index contributed by atoms with van der Waals surface area (Å²) in [6.45, 7) is 25.2. The molecule has 5 heteroatoms. The molecule has 0 heterocycles. The molecule has 0 unspecified atom stereocenters. The van der Waals surface area contributed by atoms with E-state index in [0.29, 0.717) is 36.3 Å². The quantitative estimate of drug-likeness (QED) is 0.425. The van der Waals surface area contributed by atoms with Gasteiger partial charge in [0.05, 0.1) is 0 Å². The molecule has 0 radical (unpaired) electrons. The molecule has 0 aliphatic rings. The van der Waals surface area contributed by atoms with Gasteiger partial charge in [-0.25, -0.2) is 0 Å². The zero-order valence-corrected chi connectivity index (χ0v) is 22.2. The van der Waals surface area contributed by atoms with E-state index in [1.807, 2.05) is 0 Å². The maximum Gasteiger partial charge on any atom is 4.00 e. The molecule has 25 heavy (non-hydrogen) atoms. The number of nitrogens with zero attached hydrogens (tertiary/aromatic N) is 4. The summed E-state index contributed by atoms with van der Waals surface area (Å²) >= 11 is 0. The molecule has 0 rings (SSSR count). The molecular weight excluding hydrogens is 387 g/mol. The number of hydrogen-bond donors (Lipinski definition) is 0. The summed E-state index contributed by atoms with van der Waals surface area (Å²) in [7, 11) is 3.50. The Morgan fingerprint density at radius 1 is 0.360 bits per heavy atom. The van der Waals surface area contributed by atoms with Crippen LogP contribution in [0.2, 0.25) is 0 Å². The molecule has 152 valence electrons. The van der Waals surface area contributed by atoms with Gasteiger partial charge in [-0.3, -0.25) is 0 Å². The number of rotatable bonds is 6. The van der Waals surface area contributed by atoms with Crippen molar-refractivity contribution in [2.45, 2.75) is 119 Å². The molecule has 0 aromatic heterocycles. The minimum Gasteiger partial charge on any atom is -0.668 e. The van der Waals surface area contributed by atoms with Crippen molar-refractivity contribution in [1.29, 1.82) is 0 Å². The van der Waals surface area contributed by atoms with E-state index in [0.717, 1.165) is 0 Å². The van der Waals surface area contributed by atoms with Gasteiger partial charge in [0.1, 0.15) is 0 Å². The van der Waals surface area contributed by atoms with Crippen molar-refractivity contribution in [2.24, 2.45) is 0 Å². The van der Waals surface area contributed by atoms with Crippen molar-refractivity contribution in [2.75, 3.05) is 14.1 Å². The predicted molar refractivity (Wildman–Crippen MR) is 116 cm³/mol. The minimum absolute atomic E-state index is 0. The Hall–Kier alpha value is 0.723. The van der Waals surface area contributed by atoms with E-state index in [-0.39, 0.29) is 26.2 Å². The van der Waals surface area contributed by atoms with Crippen LogP contribution in [-0.4, -0.2) is 50.3 Å². The summed E-state index contributed by atoms with van der Waals surface area (Å²) in [5, 5.41) is 16.3. The first-order valence-corrected chi connectivity index (χ1v) is 9.37. The van der Waals surface area contributed by atoms with Gasteiger partial charge in [0.2, 0.25) is 0 Å². The fraction of sp³-hybridized carbons (Fsp3) is 1.00. The molecule has 0 aromatic carbocycles. The first kappa shape index (κ1) is 36.6. The van der Waals surface area contributed by atoms with E-state index in [1.54, 1.807) is 14.1 Å². The Morgan fingerprint density at radius 3 is 0.440 bits per heavy atom. The molecule has 0 fully saturated rings. The molecule has 0 bridgehead atoms. The predicted octanol–water partition coefficient (Wildman–Crippen LogP) is 7.15. The summed E-state index contributed by atoms with van der Waals surface area (Å²) in [6.07, 6.45) is 0. The van der Waals surface area contributed by atoms with Gasteiger partial charge in [-0.15, -0.1) is 36.3 Å². The smallest absolute Gasteiger partial charge is 0.668 e. The normalized spacial score (nSPS) is 10.1.